The van der Waals surface area contributed by atoms with Gasteiger partial charge in [-0.05, 0) is 55.5 Å². The van der Waals surface area contributed by atoms with Gasteiger partial charge in [-0.15, -0.1) is 11.3 Å². The molecule has 30 heavy (non-hydrogen) atoms. The minimum atomic E-state index is -0.162. The van der Waals surface area contributed by atoms with Gasteiger partial charge in [-0.3, -0.25) is 14.2 Å². The average molecular weight is 417 g/mol. The molecule has 2 aromatic heterocycles. The zero-order chi connectivity index (χ0) is 21.4. The summed E-state index contributed by atoms with van der Waals surface area (Å²) < 4.78 is 1.50. The number of ketones is 1. The zero-order valence-corrected chi connectivity index (χ0v) is 18.5. The topological polar surface area (TPSA) is 52.0 Å². The highest BCUT2D eigenvalue weighted by Crippen LogP contribution is 2.31. The van der Waals surface area contributed by atoms with Gasteiger partial charge in [0.05, 0.1) is 11.9 Å². The number of Topliss-reactive ketones (excluding diaryl/α,β-unsaturated/α-hetero) is 1. The molecule has 0 saturated carbocycles. The highest BCUT2D eigenvalue weighted by atomic mass is 32.1. The van der Waals surface area contributed by atoms with Gasteiger partial charge < -0.3 is 0 Å². The van der Waals surface area contributed by atoms with Crippen LogP contribution in [0.3, 0.4) is 0 Å². The van der Waals surface area contributed by atoms with Gasteiger partial charge in [0.2, 0.25) is 0 Å². The van der Waals surface area contributed by atoms with Crippen LogP contribution in [0.2, 0.25) is 0 Å². The summed E-state index contributed by atoms with van der Waals surface area (Å²) in [5.74, 6) is 0.466. The molecule has 0 saturated heterocycles. The molecule has 0 bridgehead atoms. The number of hydrogen-bond donors (Lipinski definition) is 0. The Morgan fingerprint density at radius 1 is 1.03 bits per heavy atom. The van der Waals surface area contributed by atoms with E-state index in [0.717, 1.165) is 28.7 Å². The maximum absolute atomic E-state index is 13.4. The fraction of sp³-hybridized carbons (Fsp3) is 0.240. The van der Waals surface area contributed by atoms with Crippen molar-refractivity contribution in [3.8, 4) is 11.1 Å². The Hall–Kier alpha value is -3.05. The normalized spacial score (nSPS) is 11.2. The van der Waals surface area contributed by atoms with Crippen molar-refractivity contribution in [1.82, 2.24) is 9.55 Å². The van der Waals surface area contributed by atoms with Crippen LogP contribution in [0, 0.1) is 20.8 Å². The van der Waals surface area contributed by atoms with Gasteiger partial charge in [-0.2, -0.15) is 0 Å². The highest BCUT2D eigenvalue weighted by molar-refractivity contribution is 7.17. The molecule has 152 valence electrons. The molecule has 0 atom stereocenters. The Bertz CT molecular complexity index is 1310. The van der Waals surface area contributed by atoms with Crippen LogP contribution in [-0.4, -0.2) is 15.3 Å². The number of hydrogen-bond acceptors (Lipinski definition) is 4. The first-order valence-electron chi connectivity index (χ1n) is 10.1. The first-order chi connectivity index (χ1) is 14.4. The second-order valence-corrected chi connectivity index (χ2v) is 8.51. The van der Waals surface area contributed by atoms with E-state index in [2.05, 4.69) is 24.0 Å². The monoisotopic (exact) mass is 416 g/mol. The van der Waals surface area contributed by atoms with Crippen molar-refractivity contribution in [3.63, 3.8) is 0 Å². The number of carbonyl (C=O) groups is 1. The van der Waals surface area contributed by atoms with Crippen molar-refractivity contribution in [1.29, 1.82) is 0 Å². The molecule has 2 heterocycles. The molecular weight excluding hydrogens is 392 g/mol. The molecular formula is C25H24N2O2S. The lowest BCUT2D eigenvalue weighted by Crippen LogP contribution is -2.27. The van der Waals surface area contributed by atoms with E-state index >= 15 is 0 Å². The Kier molecular flexibility index (Phi) is 5.39. The van der Waals surface area contributed by atoms with Crippen LogP contribution < -0.4 is 5.56 Å². The van der Waals surface area contributed by atoms with Crippen LogP contribution in [0.15, 0.2) is 52.6 Å². The lowest BCUT2D eigenvalue weighted by molar-refractivity contribution is 0.0969. The minimum absolute atomic E-state index is 0.0137. The first kappa shape index (κ1) is 20.2. The minimum Gasteiger partial charge on any atom is -0.292 e. The summed E-state index contributed by atoms with van der Waals surface area (Å²) in [7, 11) is 0. The molecule has 4 aromatic rings. The number of aromatic nitrogens is 2. The Balaban J connectivity index is 1.77. The quantitative estimate of drug-likeness (QED) is 0.404. The number of nitrogens with zero attached hydrogens (tertiary/aromatic N) is 2. The number of fused-ring (bicyclic) bond motifs is 1. The number of thiophene rings is 1. The third-order valence-corrected chi connectivity index (χ3v) is 6.56. The van der Waals surface area contributed by atoms with Crippen LogP contribution in [-0.2, 0) is 13.0 Å². The third kappa shape index (κ3) is 3.61. The van der Waals surface area contributed by atoms with Crippen molar-refractivity contribution in [2.75, 3.05) is 0 Å². The number of aryl methyl sites for hydroxylation is 4. The smallest absolute Gasteiger partial charge is 0.263 e. The second-order valence-electron chi connectivity index (χ2n) is 7.65. The fourth-order valence-corrected chi connectivity index (χ4v) is 4.58. The molecule has 0 aliphatic heterocycles. The number of carbonyl (C=O) groups excluding carboxylic acids is 1. The molecule has 5 heteroatoms. The summed E-state index contributed by atoms with van der Waals surface area (Å²) >= 11 is 1.47. The van der Waals surface area contributed by atoms with Crippen molar-refractivity contribution in [2.45, 2.75) is 40.7 Å². The molecule has 0 aliphatic rings. The van der Waals surface area contributed by atoms with E-state index in [1.807, 2.05) is 49.6 Å². The summed E-state index contributed by atoms with van der Waals surface area (Å²) in [4.78, 5) is 31.6. The van der Waals surface area contributed by atoms with Crippen molar-refractivity contribution >= 4 is 27.3 Å². The van der Waals surface area contributed by atoms with E-state index in [-0.39, 0.29) is 17.9 Å². The number of benzene rings is 2. The average Bonchev–Trinajstić information content (AvgIpc) is 3.16. The van der Waals surface area contributed by atoms with E-state index in [1.54, 1.807) is 6.92 Å². The summed E-state index contributed by atoms with van der Waals surface area (Å²) in [6.45, 7) is 7.89. The SMILES string of the molecule is CCc1ccc(-c2csc3nc(C)n(CC(=O)c4ccc(C)c(C)c4)c(=O)c23)cc1. The maximum Gasteiger partial charge on any atom is 0.263 e. The van der Waals surface area contributed by atoms with Gasteiger partial charge in [0, 0.05) is 16.5 Å². The van der Waals surface area contributed by atoms with E-state index in [9.17, 15) is 9.59 Å². The summed E-state index contributed by atoms with van der Waals surface area (Å²) in [6.07, 6.45) is 0.971. The predicted octanol–water partition coefficient (Wildman–Crippen LogP) is 5.50. The molecule has 4 nitrogen and oxygen atoms in total. The van der Waals surface area contributed by atoms with Crippen LogP contribution in [0.25, 0.3) is 21.3 Å². The molecule has 0 amide bonds. The number of rotatable bonds is 5. The van der Waals surface area contributed by atoms with E-state index in [1.165, 1.54) is 21.5 Å². The van der Waals surface area contributed by atoms with Crippen LogP contribution in [0.5, 0.6) is 0 Å². The van der Waals surface area contributed by atoms with Crippen molar-refractivity contribution in [2.24, 2.45) is 0 Å². The fourth-order valence-electron chi connectivity index (χ4n) is 3.59. The van der Waals surface area contributed by atoms with Gasteiger partial charge in [0.1, 0.15) is 10.7 Å². The zero-order valence-electron chi connectivity index (χ0n) is 17.7. The predicted molar refractivity (Wildman–Crippen MR) is 124 cm³/mol. The lowest BCUT2D eigenvalue weighted by Gasteiger charge is -2.11. The Morgan fingerprint density at radius 2 is 1.77 bits per heavy atom. The molecule has 0 aliphatic carbocycles. The Morgan fingerprint density at radius 3 is 2.43 bits per heavy atom. The van der Waals surface area contributed by atoms with Gasteiger partial charge in [-0.1, -0.05) is 43.3 Å². The van der Waals surface area contributed by atoms with E-state index in [0.29, 0.717) is 21.6 Å². The first-order valence-corrected chi connectivity index (χ1v) is 11.0. The van der Waals surface area contributed by atoms with Crippen molar-refractivity contribution in [3.05, 3.63) is 86.3 Å². The lowest BCUT2D eigenvalue weighted by atomic mass is 10.0. The molecule has 4 rings (SSSR count). The van der Waals surface area contributed by atoms with Gasteiger partial charge in [-0.25, -0.2) is 4.98 Å². The van der Waals surface area contributed by atoms with Crippen LogP contribution >= 0.6 is 11.3 Å². The van der Waals surface area contributed by atoms with Crippen LogP contribution in [0.4, 0.5) is 0 Å². The Labute approximate surface area is 179 Å². The molecule has 0 N–H and O–H groups in total. The summed E-state index contributed by atoms with van der Waals surface area (Å²) in [5, 5.41) is 2.57. The van der Waals surface area contributed by atoms with E-state index < -0.39 is 0 Å². The highest BCUT2D eigenvalue weighted by Gasteiger charge is 2.18. The maximum atomic E-state index is 13.4. The second kappa shape index (κ2) is 8.00. The van der Waals surface area contributed by atoms with E-state index in [4.69, 9.17) is 0 Å². The van der Waals surface area contributed by atoms with Crippen molar-refractivity contribution < 1.29 is 4.79 Å². The standard InChI is InChI=1S/C25H24N2O2S/c1-5-18-7-10-19(11-8-18)21-14-30-24-23(21)25(29)27(17(4)26-24)13-22(28)20-9-6-15(2)16(3)12-20/h6-12,14H,5,13H2,1-4H3. The molecule has 0 spiro atoms. The summed E-state index contributed by atoms with van der Waals surface area (Å²) in [6, 6.07) is 13.9. The molecule has 2 aromatic carbocycles. The van der Waals surface area contributed by atoms with Crippen LogP contribution in [0.1, 0.15) is 39.8 Å². The van der Waals surface area contributed by atoms with Gasteiger partial charge in [0.15, 0.2) is 5.78 Å². The largest absolute Gasteiger partial charge is 0.292 e. The molecule has 0 radical (unpaired) electrons. The van der Waals surface area contributed by atoms with Gasteiger partial charge in [0.25, 0.3) is 5.56 Å². The van der Waals surface area contributed by atoms with Gasteiger partial charge >= 0.3 is 0 Å². The molecule has 0 fully saturated rings. The molecule has 0 unspecified atom stereocenters. The summed E-state index contributed by atoms with van der Waals surface area (Å²) in [5.41, 5.74) is 5.78. The third-order valence-electron chi connectivity index (χ3n) is 5.69.